The topological polar surface area (TPSA) is 75.9 Å². The highest BCUT2D eigenvalue weighted by molar-refractivity contribution is 5.75. The van der Waals surface area contributed by atoms with E-state index in [1.807, 2.05) is 4.90 Å². The van der Waals surface area contributed by atoms with E-state index >= 15 is 0 Å². The standard InChI is InChI=1S/C19H19F5N8/c1-11-15-16(32(29-11)7-13(20)21)28-14(6-25-15)30-3-2-18(8-30)9-31(10-18)12-4-26-17(27-5-12)19(22,23)24/h4-6,13H,2-3,7-10H2,1H3. The van der Waals surface area contributed by atoms with Gasteiger partial charge in [-0.2, -0.15) is 18.3 Å². The highest BCUT2D eigenvalue weighted by atomic mass is 19.4. The summed E-state index contributed by atoms with van der Waals surface area (Å²) < 4.78 is 64.9. The van der Waals surface area contributed by atoms with Crippen molar-refractivity contribution in [3.63, 3.8) is 0 Å². The maximum absolute atomic E-state index is 12.9. The van der Waals surface area contributed by atoms with Gasteiger partial charge in [0.15, 0.2) is 5.65 Å². The van der Waals surface area contributed by atoms with E-state index in [0.29, 0.717) is 48.0 Å². The number of alkyl halides is 5. The van der Waals surface area contributed by atoms with Gasteiger partial charge < -0.3 is 9.80 Å². The zero-order valence-corrected chi connectivity index (χ0v) is 17.0. The molecule has 2 aliphatic heterocycles. The second kappa shape index (κ2) is 7.20. The van der Waals surface area contributed by atoms with E-state index in [9.17, 15) is 22.0 Å². The van der Waals surface area contributed by atoms with Crippen LogP contribution in [0.5, 0.6) is 0 Å². The van der Waals surface area contributed by atoms with Gasteiger partial charge in [-0.15, -0.1) is 0 Å². The van der Waals surface area contributed by atoms with Crippen LogP contribution in [0, 0.1) is 12.3 Å². The molecule has 13 heteroatoms. The molecule has 0 radical (unpaired) electrons. The van der Waals surface area contributed by atoms with Gasteiger partial charge in [0.2, 0.25) is 5.82 Å². The van der Waals surface area contributed by atoms with Crippen molar-refractivity contribution in [1.29, 1.82) is 0 Å². The van der Waals surface area contributed by atoms with Crippen LogP contribution >= 0.6 is 0 Å². The molecule has 1 spiro atoms. The van der Waals surface area contributed by atoms with Gasteiger partial charge in [0.05, 0.1) is 30.0 Å². The van der Waals surface area contributed by atoms with Gasteiger partial charge >= 0.3 is 6.18 Å². The minimum Gasteiger partial charge on any atom is -0.368 e. The number of anilines is 2. The Bertz CT molecular complexity index is 1140. The third kappa shape index (κ3) is 3.58. The lowest BCUT2D eigenvalue weighted by Gasteiger charge is -2.49. The summed E-state index contributed by atoms with van der Waals surface area (Å²) in [4.78, 5) is 19.8. The number of rotatable bonds is 4. The fraction of sp³-hybridized carbons (Fsp3) is 0.526. The molecule has 2 fully saturated rings. The van der Waals surface area contributed by atoms with E-state index in [1.54, 1.807) is 13.1 Å². The molecule has 3 aromatic rings. The number of aryl methyl sites for hydroxylation is 1. The molecule has 5 rings (SSSR count). The summed E-state index contributed by atoms with van der Waals surface area (Å²) in [7, 11) is 0. The number of halogens is 5. The van der Waals surface area contributed by atoms with Gasteiger partial charge in [0.1, 0.15) is 17.9 Å². The van der Waals surface area contributed by atoms with E-state index in [1.165, 1.54) is 17.1 Å². The molecule has 5 heterocycles. The first-order chi connectivity index (χ1) is 15.1. The fourth-order valence-electron chi connectivity index (χ4n) is 4.46. The third-order valence-corrected chi connectivity index (χ3v) is 5.98. The van der Waals surface area contributed by atoms with Crippen LogP contribution in [0.2, 0.25) is 0 Å². The number of fused-ring (bicyclic) bond motifs is 1. The monoisotopic (exact) mass is 454 g/mol. The Labute approximate surface area is 179 Å². The largest absolute Gasteiger partial charge is 0.451 e. The first-order valence-corrected chi connectivity index (χ1v) is 10.0. The second-order valence-electron chi connectivity index (χ2n) is 8.35. The molecule has 170 valence electrons. The summed E-state index contributed by atoms with van der Waals surface area (Å²) in [5, 5.41) is 4.12. The van der Waals surface area contributed by atoms with Crippen LogP contribution in [0.4, 0.5) is 33.5 Å². The van der Waals surface area contributed by atoms with Gasteiger partial charge in [0.25, 0.3) is 6.43 Å². The fourth-order valence-corrected chi connectivity index (χ4v) is 4.46. The van der Waals surface area contributed by atoms with Gasteiger partial charge in [-0.1, -0.05) is 0 Å². The lowest BCUT2D eigenvalue weighted by Crippen LogP contribution is -2.57. The second-order valence-corrected chi connectivity index (χ2v) is 8.35. The van der Waals surface area contributed by atoms with E-state index < -0.39 is 25.0 Å². The van der Waals surface area contributed by atoms with Crippen molar-refractivity contribution in [2.75, 3.05) is 36.0 Å². The zero-order chi connectivity index (χ0) is 22.7. The van der Waals surface area contributed by atoms with Crippen LogP contribution in [0.1, 0.15) is 17.9 Å². The molecule has 2 saturated heterocycles. The van der Waals surface area contributed by atoms with E-state index in [4.69, 9.17) is 0 Å². The molecular weight excluding hydrogens is 435 g/mol. The first-order valence-electron chi connectivity index (χ1n) is 10.0. The highest BCUT2D eigenvalue weighted by Crippen LogP contribution is 2.42. The summed E-state index contributed by atoms with van der Waals surface area (Å²) in [6.07, 6.45) is -2.22. The molecule has 2 aliphatic rings. The van der Waals surface area contributed by atoms with Crippen molar-refractivity contribution in [2.45, 2.75) is 32.5 Å². The molecule has 0 saturated carbocycles. The van der Waals surface area contributed by atoms with Crippen LogP contribution in [-0.2, 0) is 12.7 Å². The van der Waals surface area contributed by atoms with Crippen molar-refractivity contribution < 1.29 is 22.0 Å². The molecule has 8 nitrogen and oxygen atoms in total. The van der Waals surface area contributed by atoms with Crippen molar-refractivity contribution in [3.05, 3.63) is 30.1 Å². The minimum absolute atomic E-state index is 0.0293. The maximum Gasteiger partial charge on any atom is 0.451 e. The molecule has 0 aliphatic carbocycles. The molecule has 0 unspecified atom stereocenters. The smallest absolute Gasteiger partial charge is 0.368 e. The van der Waals surface area contributed by atoms with Crippen molar-refractivity contribution in [2.24, 2.45) is 5.41 Å². The molecule has 0 bridgehead atoms. The van der Waals surface area contributed by atoms with Crippen LogP contribution in [0.15, 0.2) is 18.6 Å². The number of nitrogens with zero attached hydrogens (tertiary/aromatic N) is 8. The van der Waals surface area contributed by atoms with Crippen LogP contribution in [0.3, 0.4) is 0 Å². The summed E-state index contributed by atoms with van der Waals surface area (Å²) >= 11 is 0. The molecule has 0 atom stereocenters. The number of aromatic nitrogens is 6. The maximum atomic E-state index is 12.9. The van der Waals surface area contributed by atoms with Crippen LogP contribution in [0.25, 0.3) is 11.2 Å². The minimum atomic E-state index is -4.56. The Balaban J connectivity index is 1.29. The summed E-state index contributed by atoms with van der Waals surface area (Å²) in [6.45, 7) is 3.90. The Kier molecular flexibility index (Phi) is 4.67. The van der Waals surface area contributed by atoms with Crippen molar-refractivity contribution in [3.8, 4) is 0 Å². The Morgan fingerprint density at radius 1 is 1.03 bits per heavy atom. The molecule has 0 amide bonds. The molecule has 0 aromatic carbocycles. The zero-order valence-electron chi connectivity index (χ0n) is 17.0. The van der Waals surface area contributed by atoms with E-state index in [2.05, 4.69) is 29.9 Å². The summed E-state index contributed by atoms with van der Waals surface area (Å²) in [6, 6.07) is 0. The molecular formula is C19H19F5N8. The molecule has 32 heavy (non-hydrogen) atoms. The van der Waals surface area contributed by atoms with E-state index in [0.717, 1.165) is 13.0 Å². The van der Waals surface area contributed by atoms with Crippen LogP contribution in [-0.4, -0.2) is 62.3 Å². The molecule has 3 aromatic heterocycles. The Hall–Kier alpha value is -3.12. The normalized spacial score (nSPS) is 18.2. The van der Waals surface area contributed by atoms with Crippen molar-refractivity contribution in [1.82, 2.24) is 29.7 Å². The number of hydrogen-bond donors (Lipinski definition) is 0. The van der Waals surface area contributed by atoms with Crippen molar-refractivity contribution >= 4 is 22.7 Å². The predicted octanol–water partition coefficient (Wildman–Crippen LogP) is 2.93. The third-order valence-electron chi connectivity index (χ3n) is 5.98. The predicted molar refractivity (Wildman–Crippen MR) is 105 cm³/mol. The van der Waals surface area contributed by atoms with Crippen LogP contribution < -0.4 is 9.80 Å². The van der Waals surface area contributed by atoms with Gasteiger partial charge in [-0.25, -0.2) is 33.4 Å². The van der Waals surface area contributed by atoms with E-state index in [-0.39, 0.29) is 5.41 Å². The Morgan fingerprint density at radius 2 is 1.72 bits per heavy atom. The summed E-state index contributed by atoms with van der Waals surface area (Å²) in [5.41, 5.74) is 1.90. The summed E-state index contributed by atoms with van der Waals surface area (Å²) in [5.74, 6) is -0.556. The Morgan fingerprint density at radius 3 is 2.38 bits per heavy atom. The average Bonchev–Trinajstić information content (AvgIpc) is 3.28. The lowest BCUT2D eigenvalue weighted by atomic mass is 9.79. The highest BCUT2D eigenvalue weighted by Gasteiger charge is 2.48. The first kappa shape index (κ1) is 20.8. The van der Waals surface area contributed by atoms with Gasteiger partial charge in [0, 0.05) is 31.6 Å². The lowest BCUT2D eigenvalue weighted by molar-refractivity contribution is -0.145. The SMILES string of the molecule is Cc1nn(CC(F)F)c2nc(N3CCC4(CN(c5cnc(C(F)(F)F)nc5)C4)C3)cnc12. The quantitative estimate of drug-likeness (QED) is 0.561. The average molecular weight is 454 g/mol. The number of hydrogen-bond acceptors (Lipinski definition) is 7. The molecule has 0 N–H and O–H groups in total. The van der Waals surface area contributed by atoms with Gasteiger partial charge in [-0.3, -0.25) is 0 Å². The van der Waals surface area contributed by atoms with Gasteiger partial charge in [-0.05, 0) is 13.3 Å².